The van der Waals surface area contributed by atoms with Crippen molar-refractivity contribution in [1.82, 2.24) is 5.16 Å². The molecule has 1 heterocycles. The van der Waals surface area contributed by atoms with Gasteiger partial charge in [-0.25, -0.2) is 8.42 Å². The van der Waals surface area contributed by atoms with E-state index in [1.54, 1.807) is 26.0 Å². The molecule has 0 amide bonds. The van der Waals surface area contributed by atoms with Gasteiger partial charge in [0.1, 0.15) is 5.69 Å². The van der Waals surface area contributed by atoms with Crippen molar-refractivity contribution in [3.63, 3.8) is 0 Å². The molecule has 0 saturated heterocycles. The minimum Gasteiger partial charge on any atom is -0.351 e. The van der Waals surface area contributed by atoms with Gasteiger partial charge in [-0.2, -0.15) is 13.2 Å². The van der Waals surface area contributed by atoms with Crippen LogP contribution in [0.1, 0.15) is 23.8 Å². The summed E-state index contributed by atoms with van der Waals surface area (Å²) in [6.07, 6.45) is -4.28. The van der Waals surface area contributed by atoms with E-state index < -0.39 is 22.0 Å². The van der Waals surface area contributed by atoms with Crippen molar-refractivity contribution in [1.29, 1.82) is 0 Å². The Hall–Kier alpha value is -2.52. The van der Waals surface area contributed by atoms with E-state index in [9.17, 15) is 21.6 Å². The third-order valence-corrected chi connectivity index (χ3v) is 5.95. The average Bonchev–Trinajstić information content (AvgIpc) is 3.14. The Morgan fingerprint density at radius 2 is 1.86 bits per heavy atom. The number of hydrogen-bond acceptors (Lipinski definition) is 4. The summed E-state index contributed by atoms with van der Waals surface area (Å²) in [6.45, 7) is 3.50. The Morgan fingerprint density at radius 1 is 1.14 bits per heavy atom. The van der Waals surface area contributed by atoms with Gasteiger partial charge in [-0.05, 0) is 42.7 Å². The van der Waals surface area contributed by atoms with Crippen LogP contribution >= 0.6 is 11.6 Å². The Bertz CT molecular complexity index is 1160. The van der Waals surface area contributed by atoms with Gasteiger partial charge in [-0.15, -0.1) is 0 Å². The molecule has 0 saturated carbocycles. The van der Waals surface area contributed by atoms with Gasteiger partial charge in [0.05, 0.1) is 10.6 Å². The summed E-state index contributed by atoms with van der Waals surface area (Å²) in [6, 6.07) is 9.83. The maximum Gasteiger partial charge on any atom is 0.452 e. The maximum absolute atomic E-state index is 13.0. The van der Waals surface area contributed by atoms with E-state index in [1.807, 2.05) is 0 Å². The highest BCUT2D eigenvalue weighted by molar-refractivity contribution is 7.92. The van der Waals surface area contributed by atoms with Crippen molar-refractivity contribution in [2.45, 2.75) is 31.3 Å². The molecular weight excluding hydrogens is 429 g/mol. The molecule has 0 fully saturated rings. The van der Waals surface area contributed by atoms with Crippen molar-refractivity contribution in [2.75, 3.05) is 4.72 Å². The Morgan fingerprint density at radius 3 is 2.48 bits per heavy atom. The fraction of sp³-hybridized carbons (Fsp3) is 0.211. The molecule has 10 heteroatoms. The highest BCUT2D eigenvalue weighted by atomic mass is 35.5. The van der Waals surface area contributed by atoms with E-state index in [0.717, 1.165) is 6.07 Å². The predicted octanol–water partition coefficient (Wildman–Crippen LogP) is 5.69. The lowest BCUT2D eigenvalue weighted by molar-refractivity contribution is -0.155. The summed E-state index contributed by atoms with van der Waals surface area (Å²) in [5.41, 5.74) is 1.55. The smallest absolute Gasteiger partial charge is 0.351 e. The second-order valence-electron chi connectivity index (χ2n) is 6.31. The summed E-state index contributed by atoms with van der Waals surface area (Å²) in [5.74, 6) is -1.26. The number of aromatic nitrogens is 1. The number of benzene rings is 2. The first-order valence-corrected chi connectivity index (χ1v) is 10.3. The van der Waals surface area contributed by atoms with Gasteiger partial charge in [-0.1, -0.05) is 41.9 Å². The van der Waals surface area contributed by atoms with Crippen LogP contribution in [0.3, 0.4) is 0 Å². The topological polar surface area (TPSA) is 72.2 Å². The average molecular weight is 445 g/mol. The molecule has 0 aliphatic heterocycles. The predicted molar refractivity (Wildman–Crippen MR) is 103 cm³/mol. The van der Waals surface area contributed by atoms with Gasteiger partial charge in [0.25, 0.3) is 10.0 Å². The number of nitrogens with one attached hydrogen (secondary N) is 1. The van der Waals surface area contributed by atoms with Crippen LogP contribution in [0, 0.1) is 6.92 Å². The van der Waals surface area contributed by atoms with Crippen molar-refractivity contribution in [2.24, 2.45) is 0 Å². The van der Waals surface area contributed by atoms with Crippen molar-refractivity contribution >= 4 is 27.3 Å². The summed E-state index contributed by atoms with van der Waals surface area (Å²) < 4.78 is 71.2. The number of alkyl halides is 3. The molecule has 1 aromatic heterocycles. The first-order valence-electron chi connectivity index (χ1n) is 8.47. The summed E-state index contributed by atoms with van der Waals surface area (Å²) >= 11 is 5.95. The molecule has 5 nitrogen and oxygen atoms in total. The van der Waals surface area contributed by atoms with Gasteiger partial charge in [0.15, 0.2) is 0 Å². The molecule has 0 radical (unpaired) electrons. The maximum atomic E-state index is 13.0. The summed E-state index contributed by atoms with van der Waals surface area (Å²) in [4.78, 5) is -0.0616. The van der Waals surface area contributed by atoms with Gasteiger partial charge in [0, 0.05) is 16.7 Å². The molecule has 0 unspecified atom stereocenters. The van der Waals surface area contributed by atoms with Gasteiger partial charge in [0.2, 0.25) is 5.76 Å². The van der Waals surface area contributed by atoms with Crippen LogP contribution in [0.25, 0.3) is 11.3 Å². The number of anilines is 1. The summed E-state index contributed by atoms with van der Waals surface area (Å²) in [7, 11) is -4.04. The van der Waals surface area contributed by atoms with Crippen molar-refractivity contribution in [3.8, 4) is 11.3 Å². The molecule has 0 aliphatic carbocycles. The van der Waals surface area contributed by atoms with E-state index in [1.165, 1.54) is 24.3 Å². The normalized spacial score (nSPS) is 12.2. The van der Waals surface area contributed by atoms with Gasteiger partial charge >= 0.3 is 6.18 Å². The molecule has 0 aliphatic rings. The quantitative estimate of drug-likeness (QED) is 0.549. The molecule has 154 valence electrons. The molecule has 29 heavy (non-hydrogen) atoms. The molecule has 2 aromatic carbocycles. The van der Waals surface area contributed by atoms with Gasteiger partial charge < -0.3 is 4.52 Å². The highest BCUT2D eigenvalue weighted by Gasteiger charge is 2.36. The zero-order valence-corrected chi connectivity index (χ0v) is 16.9. The molecule has 0 spiro atoms. The zero-order chi connectivity index (χ0) is 21.4. The molecule has 0 bridgehead atoms. The lowest BCUT2D eigenvalue weighted by atomic mass is 10.1. The molecule has 1 N–H and O–H groups in total. The van der Waals surface area contributed by atoms with Crippen LogP contribution in [0.4, 0.5) is 18.9 Å². The Balaban J connectivity index is 2.05. The van der Waals surface area contributed by atoms with Crippen LogP contribution < -0.4 is 4.72 Å². The largest absolute Gasteiger partial charge is 0.452 e. The highest BCUT2D eigenvalue weighted by Crippen LogP contribution is 2.33. The fourth-order valence-electron chi connectivity index (χ4n) is 2.70. The van der Waals surface area contributed by atoms with Crippen LogP contribution in [0.5, 0.6) is 0 Å². The van der Waals surface area contributed by atoms with E-state index in [4.69, 9.17) is 11.6 Å². The van der Waals surface area contributed by atoms with E-state index in [0.29, 0.717) is 28.3 Å². The number of nitrogens with zero attached hydrogens (tertiary/aromatic N) is 1. The number of hydrogen-bond donors (Lipinski definition) is 1. The molecule has 0 atom stereocenters. The minimum absolute atomic E-state index is 0.0616. The Labute approximate surface area is 170 Å². The third-order valence-electron chi connectivity index (χ3n) is 4.27. The van der Waals surface area contributed by atoms with Crippen molar-refractivity contribution in [3.05, 3.63) is 64.4 Å². The number of aryl methyl sites for hydroxylation is 2. The minimum atomic E-state index is -4.69. The van der Waals surface area contributed by atoms with E-state index in [2.05, 4.69) is 14.4 Å². The lowest BCUT2D eigenvalue weighted by Crippen LogP contribution is -2.16. The molecular formula is C19H16ClF3N2O3S. The SMILES string of the molecule is CCc1ccc(-c2cc(C(F)(F)F)on2)cc1S(=O)(=O)Nc1cc(Cl)ccc1C. The molecule has 3 rings (SSSR count). The first-order chi connectivity index (χ1) is 13.5. The number of halogens is 4. The van der Waals surface area contributed by atoms with Gasteiger partial charge in [-0.3, -0.25) is 4.72 Å². The van der Waals surface area contributed by atoms with Crippen LogP contribution in [0.2, 0.25) is 5.02 Å². The van der Waals surface area contributed by atoms with Crippen LogP contribution in [-0.4, -0.2) is 13.6 Å². The standard InChI is InChI=1S/C19H16ClF3N2O3S/c1-3-12-5-6-13(16-10-18(28-24-16)19(21,22)23)8-17(12)29(26,27)25-15-9-14(20)7-4-11(15)2/h4-10,25H,3H2,1-2H3. The zero-order valence-electron chi connectivity index (χ0n) is 15.3. The lowest BCUT2D eigenvalue weighted by Gasteiger charge is -2.14. The Kier molecular flexibility index (Phi) is 5.64. The third kappa shape index (κ3) is 4.56. The molecule has 3 aromatic rings. The number of rotatable bonds is 5. The second-order valence-corrected chi connectivity index (χ2v) is 8.40. The first kappa shape index (κ1) is 21.2. The van der Waals surface area contributed by atoms with Crippen LogP contribution in [0.15, 0.2) is 51.9 Å². The second kappa shape index (κ2) is 7.72. The summed E-state index contributed by atoms with van der Waals surface area (Å²) in [5, 5.41) is 3.77. The van der Waals surface area contributed by atoms with E-state index in [-0.39, 0.29) is 16.2 Å². The fourth-order valence-corrected chi connectivity index (χ4v) is 4.34. The monoisotopic (exact) mass is 444 g/mol. The van der Waals surface area contributed by atoms with E-state index >= 15 is 0 Å². The van der Waals surface area contributed by atoms with Crippen molar-refractivity contribution < 1.29 is 26.1 Å². The van der Waals surface area contributed by atoms with Crippen LogP contribution in [-0.2, 0) is 22.6 Å². The number of sulfonamides is 1.